The Balaban J connectivity index is 2.34. The molecule has 9 heteroatoms. The van der Waals surface area contributed by atoms with E-state index in [9.17, 15) is 27.5 Å². The van der Waals surface area contributed by atoms with E-state index in [1.54, 1.807) is 31.1 Å². The number of nitrogens with zero attached hydrogens (tertiary/aromatic N) is 3. The molecule has 126 valence electrons. The lowest BCUT2D eigenvalue weighted by atomic mass is 10.1. The number of alkyl halides is 4. The largest absolute Gasteiger partial charge is 0.378 e. The number of hydrogen-bond acceptors (Lipinski definition) is 4. The van der Waals surface area contributed by atoms with Gasteiger partial charge in [-0.05, 0) is 24.3 Å². The summed E-state index contributed by atoms with van der Waals surface area (Å²) in [5.74, 6) is -1.08. The van der Waals surface area contributed by atoms with Crippen LogP contribution in [0.1, 0.15) is 16.8 Å². The molecule has 23 heavy (non-hydrogen) atoms. The van der Waals surface area contributed by atoms with Gasteiger partial charge in [0.25, 0.3) is 18.8 Å². The number of carbonyl (C=O) groups is 1. The highest BCUT2D eigenvalue weighted by Crippen LogP contribution is 2.34. The predicted molar refractivity (Wildman–Crippen MR) is 75.9 cm³/mol. The lowest BCUT2D eigenvalue weighted by Crippen LogP contribution is -2.51. The minimum absolute atomic E-state index is 0.0455. The number of amides is 1. The predicted octanol–water partition coefficient (Wildman–Crippen LogP) is 2.17. The Morgan fingerprint density at radius 2 is 1.83 bits per heavy atom. The molecule has 0 spiro atoms. The van der Waals surface area contributed by atoms with E-state index in [0.717, 1.165) is 5.69 Å². The first-order valence-electron chi connectivity index (χ1n) is 6.65. The van der Waals surface area contributed by atoms with Gasteiger partial charge in [0.05, 0.1) is 0 Å². The molecule has 0 radical (unpaired) electrons. The van der Waals surface area contributed by atoms with Gasteiger partial charge in [0.15, 0.2) is 0 Å². The van der Waals surface area contributed by atoms with Gasteiger partial charge in [-0.1, -0.05) is 0 Å². The zero-order valence-corrected chi connectivity index (χ0v) is 12.4. The maximum atomic E-state index is 13.1. The second-order valence-electron chi connectivity index (χ2n) is 5.31. The highest BCUT2D eigenvalue weighted by molar-refractivity contribution is 5.99. The van der Waals surface area contributed by atoms with Crippen LogP contribution in [0.5, 0.6) is 0 Å². The van der Waals surface area contributed by atoms with Crippen molar-refractivity contribution in [3.05, 3.63) is 29.8 Å². The third-order valence-electron chi connectivity index (χ3n) is 3.46. The van der Waals surface area contributed by atoms with E-state index >= 15 is 0 Å². The molecule has 1 amide bonds. The normalized spacial score (nSPS) is 21.1. The number of aliphatic hydroxyl groups is 1. The molecule has 1 aromatic rings. The maximum Gasteiger partial charge on any atom is 0.287 e. The van der Waals surface area contributed by atoms with Crippen molar-refractivity contribution in [1.82, 2.24) is 5.01 Å². The van der Waals surface area contributed by atoms with Crippen LogP contribution in [0.2, 0.25) is 0 Å². The lowest BCUT2D eigenvalue weighted by Gasteiger charge is -2.30. The first-order valence-corrected chi connectivity index (χ1v) is 6.65. The molecule has 5 nitrogen and oxygen atoms in total. The highest BCUT2D eigenvalue weighted by Gasteiger charge is 2.53. The minimum Gasteiger partial charge on any atom is -0.378 e. The van der Waals surface area contributed by atoms with Crippen molar-refractivity contribution in [1.29, 1.82) is 0 Å². The Hall–Kier alpha value is -2.16. The summed E-state index contributed by atoms with van der Waals surface area (Å²) in [4.78, 5) is 14.0. The second-order valence-corrected chi connectivity index (χ2v) is 5.31. The molecule has 1 aliphatic heterocycles. The molecule has 1 N–H and O–H groups in total. The summed E-state index contributed by atoms with van der Waals surface area (Å²) < 4.78 is 51.6. The molecule has 0 fully saturated rings. The summed E-state index contributed by atoms with van der Waals surface area (Å²) in [5.41, 5.74) is -3.31. The third-order valence-corrected chi connectivity index (χ3v) is 3.46. The second kappa shape index (κ2) is 6.15. The lowest BCUT2D eigenvalue weighted by molar-refractivity contribution is -0.164. The van der Waals surface area contributed by atoms with Gasteiger partial charge < -0.3 is 10.0 Å². The fraction of sp³-hybridized carbons (Fsp3) is 0.429. The molecule has 2 rings (SSSR count). The fourth-order valence-electron chi connectivity index (χ4n) is 2.13. The molecule has 0 unspecified atom stereocenters. The van der Waals surface area contributed by atoms with Crippen LogP contribution in [-0.2, 0) is 0 Å². The molecule has 1 heterocycles. The summed E-state index contributed by atoms with van der Waals surface area (Å²) in [6.07, 6.45) is -7.66. The Bertz CT molecular complexity index is 619. The summed E-state index contributed by atoms with van der Waals surface area (Å²) in [5, 5.41) is 13.2. The van der Waals surface area contributed by atoms with E-state index in [4.69, 9.17) is 0 Å². The summed E-state index contributed by atoms with van der Waals surface area (Å²) >= 11 is 0. The third kappa shape index (κ3) is 3.14. The van der Waals surface area contributed by atoms with Gasteiger partial charge >= 0.3 is 0 Å². The highest BCUT2D eigenvalue weighted by atomic mass is 19.3. The summed E-state index contributed by atoms with van der Waals surface area (Å²) in [7, 11) is 3.54. The van der Waals surface area contributed by atoms with E-state index < -0.39 is 36.6 Å². The average molecular weight is 333 g/mol. The van der Waals surface area contributed by atoms with E-state index in [-0.39, 0.29) is 10.6 Å². The Morgan fingerprint density at radius 1 is 1.26 bits per heavy atom. The standard InChI is InChI=1S/C14H15F4N3O2/c1-20(2)9-5-3-8(4-6-9)12(22)21-14(23,13(17)18)7-10(19-21)11(15)16/h3-6,11,13,23H,7H2,1-2H3/t14-/m0/s1. The molecule has 1 aromatic carbocycles. The SMILES string of the molecule is CN(C)c1ccc(C(=O)N2N=C(C(F)F)C[C@]2(O)C(F)F)cc1. The first kappa shape index (κ1) is 17.2. The van der Waals surface area contributed by atoms with Crippen molar-refractivity contribution in [2.45, 2.75) is 25.0 Å². The molecule has 0 aliphatic carbocycles. The van der Waals surface area contributed by atoms with Gasteiger partial charge in [-0.15, -0.1) is 0 Å². The Kier molecular flexibility index (Phi) is 4.60. The van der Waals surface area contributed by atoms with Crippen LogP contribution >= 0.6 is 0 Å². The Labute approximate surface area is 129 Å². The minimum atomic E-state index is -3.44. The van der Waals surface area contributed by atoms with E-state index in [1.165, 1.54) is 12.1 Å². The molecule has 1 aliphatic rings. The Morgan fingerprint density at radius 3 is 2.26 bits per heavy atom. The van der Waals surface area contributed by atoms with Crippen molar-refractivity contribution < 1.29 is 27.5 Å². The van der Waals surface area contributed by atoms with Crippen molar-refractivity contribution in [2.75, 3.05) is 19.0 Å². The zero-order valence-electron chi connectivity index (χ0n) is 12.4. The van der Waals surface area contributed by atoms with Crippen molar-refractivity contribution in [3.8, 4) is 0 Å². The van der Waals surface area contributed by atoms with E-state index in [2.05, 4.69) is 5.10 Å². The van der Waals surface area contributed by atoms with Crippen LogP contribution in [-0.4, -0.2) is 54.4 Å². The summed E-state index contributed by atoms with van der Waals surface area (Å²) in [6.45, 7) is 0. The van der Waals surface area contributed by atoms with E-state index in [0.29, 0.717) is 0 Å². The van der Waals surface area contributed by atoms with Gasteiger partial charge in [0.1, 0.15) is 5.71 Å². The number of anilines is 1. The topological polar surface area (TPSA) is 56.1 Å². The molecule has 0 bridgehead atoms. The van der Waals surface area contributed by atoms with Crippen LogP contribution in [0, 0.1) is 0 Å². The smallest absolute Gasteiger partial charge is 0.287 e. The van der Waals surface area contributed by atoms with Crippen LogP contribution < -0.4 is 4.90 Å². The van der Waals surface area contributed by atoms with Crippen LogP contribution in [0.25, 0.3) is 0 Å². The van der Waals surface area contributed by atoms with Crippen LogP contribution in [0.4, 0.5) is 23.2 Å². The molecular formula is C14H15F4N3O2. The number of hydrogen-bond donors (Lipinski definition) is 1. The monoisotopic (exact) mass is 333 g/mol. The molecular weight excluding hydrogens is 318 g/mol. The quantitative estimate of drug-likeness (QED) is 0.859. The number of hydrazone groups is 1. The summed E-state index contributed by atoms with van der Waals surface area (Å²) in [6, 6.07) is 5.81. The average Bonchev–Trinajstić information content (AvgIpc) is 2.86. The van der Waals surface area contributed by atoms with Gasteiger partial charge in [-0.2, -0.15) is 10.1 Å². The van der Waals surface area contributed by atoms with Crippen molar-refractivity contribution >= 4 is 17.3 Å². The molecule has 0 saturated carbocycles. The van der Waals surface area contributed by atoms with Gasteiger partial charge in [-0.25, -0.2) is 17.6 Å². The number of rotatable bonds is 4. The maximum absolute atomic E-state index is 13.1. The van der Waals surface area contributed by atoms with Gasteiger partial charge in [0.2, 0.25) is 5.72 Å². The first-order chi connectivity index (χ1) is 10.7. The molecule has 0 saturated heterocycles. The van der Waals surface area contributed by atoms with E-state index in [1.807, 2.05) is 0 Å². The van der Waals surface area contributed by atoms with Gasteiger partial charge in [0, 0.05) is 31.8 Å². The fourth-order valence-corrected chi connectivity index (χ4v) is 2.13. The van der Waals surface area contributed by atoms with Gasteiger partial charge in [-0.3, -0.25) is 4.79 Å². The number of carbonyl (C=O) groups excluding carboxylic acids is 1. The van der Waals surface area contributed by atoms with Crippen LogP contribution in [0.3, 0.4) is 0 Å². The molecule has 1 atom stereocenters. The number of halogens is 4. The molecule has 0 aromatic heterocycles. The van der Waals surface area contributed by atoms with Crippen molar-refractivity contribution in [3.63, 3.8) is 0 Å². The zero-order chi connectivity index (χ0) is 17.4. The van der Waals surface area contributed by atoms with Crippen molar-refractivity contribution in [2.24, 2.45) is 5.10 Å². The van der Waals surface area contributed by atoms with Crippen LogP contribution in [0.15, 0.2) is 29.4 Å². The number of benzene rings is 1.